The van der Waals surface area contributed by atoms with Gasteiger partial charge >= 0.3 is 0 Å². The van der Waals surface area contributed by atoms with Gasteiger partial charge in [0, 0.05) is 13.0 Å². The quantitative estimate of drug-likeness (QED) is 0.875. The van der Waals surface area contributed by atoms with Crippen LogP contribution in [-0.2, 0) is 6.42 Å². The van der Waals surface area contributed by atoms with E-state index in [2.05, 4.69) is 23.5 Å². The number of hydrogen-bond donors (Lipinski definition) is 1. The fourth-order valence-corrected chi connectivity index (χ4v) is 3.27. The van der Waals surface area contributed by atoms with Crippen molar-refractivity contribution in [2.45, 2.75) is 18.8 Å². The summed E-state index contributed by atoms with van der Waals surface area (Å²) in [5.74, 6) is 1.26. The number of carbonyl (C=O) groups excluding carboxylic acids is 1. The van der Waals surface area contributed by atoms with Gasteiger partial charge in [0.05, 0.1) is 11.3 Å². The Balaban J connectivity index is 1.57. The number of rotatable bonds is 3. The van der Waals surface area contributed by atoms with Crippen molar-refractivity contribution in [2.75, 3.05) is 18.5 Å². The van der Waals surface area contributed by atoms with Crippen LogP contribution in [0.15, 0.2) is 42.5 Å². The molecular weight excluding hydrogens is 262 g/mol. The summed E-state index contributed by atoms with van der Waals surface area (Å²) in [6.45, 7) is 1.41. The molecule has 3 heteroatoms. The molecule has 0 spiro atoms. The van der Waals surface area contributed by atoms with Crippen molar-refractivity contribution < 1.29 is 9.53 Å². The number of para-hydroxylation sites is 1. The summed E-state index contributed by atoms with van der Waals surface area (Å²) in [6, 6.07) is 14.1. The van der Waals surface area contributed by atoms with Crippen LogP contribution in [0.1, 0.15) is 33.8 Å². The summed E-state index contributed by atoms with van der Waals surface area (Å²) in [4.78, 5) is 12.6. The summed E-state index contributed by atoms with van der Waals surface area (Å²) < 4.78 is 5.70. The molecule has 1 aliphatic carbocycles. The predicted molar refractivity (Wildman–Crippen MR) is 82.3 cm³/mol. The maximum Gasteiger partial charge on any atom is 0.167 e. The number of benzene rings is 2. The average Bonchev–Trinajstić information content (AvgIpc) is 2.52. The topological polar surface area (TPSA) is 38.3 Å². The molecule has 21 heavy (non-hydrogen) atoms. The minimum Gasteiger partial charge on any atom is -0.489 e. The lowest BCUT2D eigenvalue weighted by Crippen LogP contribution is -2.22. The average molecular weight is 279 g/mol. The van der Waals surface area contributed by atoms with Gasteiger partial charge in [0.25, 0.3) is 0 Å². The van der Waals surface area contributed by atoms with E-state index in [-0.39, 0.29) is 5.78 Å². The molecule has 1 unspecified atom stereocenters. The van der Waals surface area contributed by atoms with Crippen molar-refractivity contribution in [3.8, 4) is 5.75 Å². The number of anilines is 1. The van der Waals surface area contributed by atoms with E-state index >= 15 is 0 Å². The minimum absolute atomic E-state index is 0.176. The summed E-state index contributed by atoms with van der Waals surface area (Å²) in [5.41, 5.74) is 4.35. The third-order valence-corrected chi connectivity index (χ3v) is 4.37. The molecule has 0 saturated carbocycles. The molecule has 1 heterocycles. The van der Waals surface area contributed by atoms with Gasteiger partial charge in [-0.15, -0.1) is 0 Å². The first-order chi connectivity index (χ1) is 10.3. The van der Waals surface area contributed by atoms with Gasteiger partial charge in [-0.3, -0.25) is 4.79 Å². The highest BCUT2D eigenvalue weighted by atomic mass is 16.5. The first-order valence-corrected chi connectivity index (χ1v) is 7.43. The second-order valence-corrected chi connectivity index (χ2v) is 5.68. The number of ketones is 1. The highest BCUT2D eigenvalue weighted by Gasteiger charge is 2.29. The molecule has 0 fully saturated rings. The van der Waals surface area contributed by atoms with Crippen LogP contribution in [0.4, 0.5) is 5.69 Å². The lowest BCUT2D eigenvalue weighted by molar-refractivity contribution is 0.0966. The van der Waals surface area contributed by atoms with Gasteiger partial charge in [-0.25, -0.2) is 0 Å². The molecule has 2 aliphatic rings. The summed E-state index contributed by atoms with van der Waals surface area (Å²) in [5, 5.41) is 3.28. The zero-order valence-electron chi connectivity index (χ0n) is 11.8. The lowest BCUT2D eigenvalue weighted by Gasteiger charge is -2.30. The van der Waals surface area contributed by atoms with E-state index in [0.29, 0.717) is 24.5 Å². The van der Waals surface area contributed by atoms with Crippen LogP contribution in [0, 0.1) is 0 Å². The lowest BCUT2D eigenvalue weighted by atomic mass is 9.74. The first kappa shape index (κ1) is 12.5. The smallest absolute Gasteiger partial charge is 0.167 e. The van der Waals surface area contributed by atoms with Crippen molar-refractivity contribution in [1.29, 1.82) is 0 Å². The van der Waals surface area contributed by atoms with Gasteiger partial charge in [0.2, 0.25) is 0 Å². The van der Waals surface area contributed by atoms with E-state index in [0.717, 1.165) is 24.4 Å². The molecule has 0 saturated heterocycles. The number of ether oxygens (including phenoxy) is 1. The van der Waals surface area contributed by atoms with Crippen LogP contribution in [0.5, 0.6) is 5.75 Å². The molecule has 4 rings (SSSR count). The second kappa shape index (κ2) is 4.92. The van der Waals surface area contributed by atoms with Crippen LogP contribution in [-0.4, -0.2) is 18.9 Å². The Labute approximate surface area is 123 Å². The fourth-order valence-electron chi connectivity index (χ4n) is 3.27. The van der Waals surface area contributed by atoms with E-state index in [1.165, 1.54) is 11.1 Å². The Hall–Kier alpha value is -2.29. The molecule has 3 nitrogen and oxygen atoms in total. The van der Waals surface area contributed by atoms with Crippen molar-refractivity contribution in [3.05, 3.63) is 59.2 Å². The van der Waals surface area contributed by atoms with E-state index in [9.17, 15) is 4.79 Å². The molecule has 106 valence electrons. The van der Waals surface area contributed by atoms with Crippen LogP contribution in [0.25, 0.3) is 0 Å². The number of hydrogen-bond acceptors (Lipinski definition) is 3. The highest BCUT2D eigenvalue weighted by Crippen LogP contribution is 2.39. The molecule has 2 aromatic carbocycles. The van der Waals surface area contributed by atoms with E-state index < -0.39 is 0 Å². The molecule has 0 bridgehead atoms. The van der Waals surface area contributed by atoms with Crippen molar-refractivity contribution >= 4 is 11.5 Å². The second-order valence-electron chi connectivity index (χ2n) is 5.68. The third-order valence-electron chi connectivity index (χ3n) is 4.37. The van der Waals surface area contributed by atoms with Crippen LogP contribution >= 0.6 is 0 Å². The van der Waals surface area contributed by atoms with E-state index in [4.69, 9.17) is 4.74 Å². The van der Waals surface area contributed by atoms with Gasteiger partial charge < -0.3 is 10.1 Å². The standard InChI is InChI=1S/C18H17NO2/c20-17(11-13-10-12-4-1-2-5-14(12)13)15-6-3-7-16-18(15)21-9-8-19-16/h1-7,13,19H,8-11H2. The summed E-state index contributed by atoms with van der Waals surface area (Å²) in [6.07, 6.45) is 1.58. The number of Topliss-reactive ketones (excluding diaryl/α,β-unsaturated/α-hetero) is 1. The SMILES string of the molecule is O=C(CC1Cc2ccccc21)c1cccc2c1OCCN2. The molecule has 0 radical (unpaired) electrons. The van der Waals surface area contributed by atoms with Crippen LogP contribution in [0.3, 0.4) is 0 Å². The maximum absolute atomic E-state index is 12.6. The monoisotopic (exact) mass is 279 g/mol. The number of fused-ring (bicyclic) bond motifs is 2. The molecular formula is C18H17NO2. The molecule has 0 aromatic heterocycles. The number of nitrogens with one attached hydrogen (secondary N) is 1. The zero-order chi connectivity index (χ0) is 14.2. The van der Waals surface area contributed by atoms with Crippen LogP contribution < -0.4 is 10.1 Å². The molecule has 1 N–H and O–H groups in total. The first-order valence-electron chi connectivity index (χ1n) is 7.43. The zero-order valence-corrected chi connectivity index (χ0v) is 11.8. The largest absolute Gasteiger partial charge is 0.489 e. The normalized spacial score (nSPS) is 18.6. The van der Waals surface area contributed by atoms with Gasteiger partial charge in [0.15, 0.2) is 11.5 Å². The van der Waals surface area contributed by atoms with Crippen molar-refractivity contribution in [3.63, 3.8) is 0 Å². The molecule has 0 amide bonds. The number of carbonyl (C=O) groups is 1. The van der Waals surface area contributed by atoms with Gasteiger partial charge in [-0.05, 0) is 35.6 Å². The van der Waals surface area contributed by atoms with Crippen molar-refractivity contribution in [2.24, 2.45) is 0 Å². The molecule has 1 aliphatic heterocycles. The van der Waals surface area contributed by atoms with E-state index in [1.807, 2.05) is 24.3 Å². The molecule has 2 aromatic rings. The fraction of sp³-hybridized carbons (Fsp3) is 0.278. The minimum atomic E-state index is 0.176. The summed E-state index contributed by atoms with van der Waals surface area (Å²) in [7, 11) is 0. The Morgan fingerprint density at radius 2 is 2.10 bits per heavy atom. The Kier molecular flexibility index (Phi) is 2.92. The van der Waals surface area contributed by atoms with Gasteiger partial charge in [-0.2, -0.15) is 0 Å². The van der Waals surface area contributed by atoms with E-state index in [1.54, 1.807) is 0 Å². The third kappa shape index (κ3) is 2.09. The Bertz CT molecular complexity index is 708. The van der Waals surface area contributed by atoms with Crippen LogP contribution in [0.2, 0.25) is 0 Å². The predicted octanol–water partition coefficient (Wildman–Crippen LogP) is 3.40. The molecule has 1 atom stereocenters. The summed E-state index contributed by atoms with van der Waals surface area (Å²) >= 11 is 0. The maximum atomic E-state index is 12.6. The highest BCUT2D eigenvalue weighted by molar-refractivity contribution is 6.01. The Morgan fingerprint density at radius 1 is 1.19 bits per heavy atom. The Morgan fingerprint density at radius 3 is 3.00 bits per heavy atom. The van der Waals surface area contributed by atoms with Gasteiger partial charge in [-0.1, -0.05) is 30.3 Å². The van der Waals surface area contributed by atoms with Crippen molar-refractivity contribution in [1.82, 2.24) is 0 Å². The van der Waals surface area contributed by atoms with Gasteiger partial charge in [0.1, 0.15) is 6.61 Å².